The molecular formula is C14H16N2O3S2. The van der Waals surface area contributed by atoms with Crippen LogP contribution in [0.2, 0.25) is 0 Å². The standard InChI is InChI=1S/C14H16N2O3S2/c17-13-5-7-16(21(18,19)14-4-2-8-20-14)12(13)9-11-3-1-6-15-10-11/h1-4,6,8,10,12-13,17H,5,7,9H2/t12-,13-/m0/s1. The average Bonchev–Trinajstić information content (AvgIpc) is 3.12. The van der Waals surface area contributed by atoms with Gasteiger partial charge in [0.05, 0.1) is 12.1 Å². The topological polar surface area (TPSA) is 70.5 Å². The number of nitrogens with zero attached hydrogens (tertiary/aromatic N) is 2. The highest BCUT2D eigenvalue weighted by Crippen LogP contribution is 2.30. The van der Waals surface area contributed by atoms with Crippen LogP contribution in [0.1, 0.15) is 12.0 Å². The van der Waals surface area contributed by atoms with Crippen LogP contribution in [0.4, 0.5) is 0 Å². The molecule has 2 aromatic heterocycles. The van der Waals surface area contributed by atoms with E-state index >= 15 is 0 Å². The normalized spacial score (nSPS) is 23.5. The number of aliphatic hydroxyl groups is 1. The van der Waals surface area contributed by atoms with Gasteiger partial charge in [-0.1, -0.05) is 12.1 Å². The largest absolute Gasteiger partial charge is 0.391 e. The van der Waals surface area contributed by atoms with Crippen LogP contribution in [0.3, 0.4) is 0 Å². The number of hydrogen-bond donors (Lipinski definition) is 1. The molecular weight excluding hydrogens is 308 g/mol. The Morgan fingerprint density at radius 3 is 2.90 bits per heavy atom. The monoisotopic (exact) mass is 324 g/mol. The van der Waals surface area contributed by atoms with Gasteiger partial charge in [-0.05, 0) is 35.9 Å². The highest BCUT2D eigenvalue weighted by atomic mass is 32.2. The molecule has 7 heteroatoms. The van der Waals surface area contributed by atoms with Crippen LogP contribution in [-0.2, 0) is 16.4 Å². The fourth-order valence-corrected chi connectivity index (χ4v) is 5.42. The smallest absolute Gasteiger partial charge is 0.252 e. The van der Waals surface area contributed by atoms with Crippen molar-refractivity contribution in [1.29, 1.82) is 0 Å². The third-order valence-electron chi connectivity index (χ3n) is 3.68. The van der Waals surface area contributed by atoms with Gasteiger partial charge in [-0.2, -0.15) is 4.31 Å². The second kappa shape index (κ2) is 5.84. The quantitative estimate of drug-likeness (QED) is 0.925. The SMILES string of the molecule is O=S(=O)(c1cccs1)N1CC[C@H](O)[C@@H]1Cc1cccnc1. The van der Waals surface area contributed by atoms with E-state index in [0.29, 0.717) is 23.6 Å². The van der Waals surface area contributed by atoms with Gasteiger partial charge in [-0.3, -0.25) is 4.98 Å². The van der Waals surface area contributed by atoms with Gasteiger partial charge in [0, 0.05) is 18.9 Å². The Kier molecular flexibility index (Phi) is 4.08. The molecule has 0 unspecified atom stereocenters. The van der Waals surface area contributed by atoms with Crippen LogP contribution in [0, 0.1) is 0 Å². The molecule has 0 amide bonds. The van der Waals surface area contributed by atoms with E-state index < -0.39 is 22.2 Å². The van der Waals surface area contributed by atoms with Gasteiger partial charge < -0.3 is 5.11 Å². The van der Waals surface area contributed by atoms with Gasteiger partial charge >= 0.3 is 0 Å². The number of thiophene rings is 1. The van der Waals surface area contributed by atoms with E-state index in [-0.39, 0.29) is 0 Å². The van der Waals surface area contributed by atoms with Crippen LogP contribution in [0.15, 0.2) is 46.2 Å². The Morgan fingerprint density at radius 2 is 2.24 bits per heavy atom. The average molecular weight is 324 g/mol. The molecule has 1 aliphatic rings. The third kappa shape index (κ3) is 2.87. The van der Waals surface area contributed by atoms with Crippen molar-refractivity contribution >= 4 is 21.4 Å². The minimum Gasteiger partial charge on any atom is -0.391 e. The number of rotatable bonds is 4. The van der Waals surface area contributed by atoms with E-state index in [1.807, 2.05) is 12.1 Å². The number of hydrogen-bond acceptors (Lipinski definition) is 5. The third-order valence-corrected chi connectivity index (χ3v) is 6.98. The van der Waals surface area contributed by atoms with Crippen molar-refractivity contribution in [1.82, 2.24) is 9.29 Å². The molecule has 0 bridgehead atoms. The first-order valence-corrected chi connectivity index (χ1v) is 9.03. The minimum atomic E-state index is -3.53. The minimum absolute atomic E-state index is 0.327. The summed E-state index contributed by atoms with van der Waals surface area (Å²) in [5, 5.41) is 11.9. The summed E-state index contributed by atoms with van der Waals surface area (Å²) in [7, 11) is -3.53. The Hall–Kier alpha value is -1.28. The van der Waals surface area contributed by atoms with Crippen LogP contribution < -0.4 is 0 Å². The second-order valence-corrected chi connectivity index (χ2v) is 8.10. The lowest BCUT2D eigenvalue weighted by molar-refractivity contribution is 0.142. The summed E-state index contributed by atoms with van der Waals surface area (Å²) in [6, 6.07) is 6.61. The van der Waals surface area contributed by atoms with Gasteiger partial charge in [0.1, 0.15) is 4.21 Å². The summed E-state index contributed by atoms with van der Waals surface area (Å²) >= 11 is 1.20. The first-order valence-electron chi connectivity index (χ1n) is 6.71. The van der Waals surface area contributed by atoms with Crippen molar-refractivity contribution < 1.29 is 13.5 Å². The highest BCUT2D eigenvalue weighted by molar-refractivity contribution is 7.91. The Labute approximate surface area is 127 Å². The summed E-state index contributed by atoms with van der Waals surface area (Å²) in [4.78, 5) is 4.04. The molecule has 1 fully saturated rings. The van der Waals surface area contributed by atoms with Crippen molar-refractivity contribution in [3.05, 3.63) is 47.6 Å². The van der Waals surface area contributed by atoms with Gasteiger partial charge in [0.25, 0.3) is 10.0 Å². The zero-order valence-corrected chi connectivity index (χ0v) is 12.9. The van der Waals surface area contributed by atoms with E-state index in [2.05, 4.69) is 4.98 Å². The molecule has 0 saturated carbocycles. The summed E-state index contributed by atoms with van der Waals surface area (Å²) in [6.45, 7) is 0.354. The molecule has 0 aromatic carbocycles. The van der Waals surface area contributed by atoms with Crippen LogP contribution in [0.25, 0.3) is 0 Å². The molecule has 3 rings (SSSR count). The van der Waals surface area contributed by atoms with E-state index in [1.54, 1.807) is 29.9 Å². The Balaban J connectivity index is 1.88. The lowest BCUT2D eigenvalue weighted by Gasteiger charge is -2.25. The first-order chi connectivity index (χ1) is 10.1. The maximum Gasteiger partial charge on any atom is 0.252 e. The Morgan fingerprint density at radius 1 is 1.38 bits per heavy atom. The Bertz CT molecular complexity index is 686. The molecule has 5 nitrogen and oxygen atoms in total. The van der Waals surface area contributed by atoms with Crippen molar-refractivity contribution in [2.45, 2.75) is 29.2 Å². The van der Waals surface area contributed by atoms with E-state index in [4.69, 9.17) is 0 Å². The zero-order valence-electron chi connectivity index (χ0n) is 11.3. The molecule has 2 atom stereocenters. The van der Waals surface area contributed by atoms with Crippen molar-refractivity contribution in [2.24, 2.45) is 0 Å². The number of aliphatic hydroxyl groups excluding tert-OH is 1. The molecule has 3 heterocycles. The van der Waals surface area contributed by atoms with Crippen LogP contribution in [0.5, 0.6) is 0 Å². The van der Waals surface area contributed by atoms with E-state index in [1.165, 1.54) is 15.6 Å². The number of sulfonamides is 1. The van der Waals surface area contributed by atoms with Crippen LogP contribution in [-0.4, -0.2) is 41.5 Å². The second-order valence-electron chi connectivity index (χ2n) is 5.04. The van der Waals surface area contributed by atoms with Crippen molar-refractivity contribution in [2.75, 3.05) is 6.54 Å². The predicted octanol–water partition coefficient (Wildman–Crippen LogP) is 1.51. The lowest BCUT2D eigenvalue weighted by atomic mass is 10.0. The highest BCUT2D eigenvalue weighted by Gasteiger charge is 2.41. The zero-order chi connectivity index (χ0) is 14.9. The summed E-state index contributed by atoms with van der Waals surface area (Å²) in [5.41, 5.74) is 0.926. The van der Waals surface area contributed by atoms with Gasteiger partial charge in [0.15, 0.2) is 0 Å². The molecule has 21 heavy (non-hydrogen) atoms. The number of pyridine rings is 1. The fourth-order valence-electron chi connectivity index (χ4n) is 2.63. The molecule has 1 aliphatic heterocycles. The maximum absolute atomic E-state index is 12.7. The fraction of sp³-hybridized carbons (Fsp3) is 0.357. The molecule has 2 aromatic rings. The maximum atomic E-state index is 12.7. The molecule has 1 saturated heterocycles. The summed E-state index contributed by atoms with van der Waals surface area (Å²) < 4.78 is 27.1. The summed E-state index contributed by atoms with van der Waals surface area (Å²) in [5.74, 6) is 0. The van der Waals surface area contributed by atoms with Crippen LogP contribution >= 0.6 is 11.3 Å². The summed E-state index contributed by atoms with van der Waals surface area (Å²) in [6.07, 6.45) is 3.69. The molecule has 1 N–H and O–H groups in total. The molecule has 0 spiro atoms. The molecule has 0 aliphatic carbocycles. The number of aromatic nitrogens is 1. The lowest BCUT2D eigenvalue weighted by Crippen LogP contribution is -2.40. The van der Waals surface area contributed by atoms with Gasteiger partial charge in [0.2, 0.25) is 0 Å². The molecule has 0 radical (unpaired) electrons. The first kappa shape index (κ1) is 14.6. The van der Waals surface area contributed by atoms with Gasteiger partial charge in [-0.15, -0.1) is 11.3 Å². The van der Waals surface area contributed by atoms with E-state index in [0.717, 1.165) is 5.56 Å². The predicted molar refractivity (Wildman–Crippen MR) is 80.6 cm³/mol. The molecule has 112 valence electrons. The van der Waals surface area contributed by atoms with Crippen molar-refractivity contribution in [3.63, 3.8) is 0 Å². The van der Waals surface area contributed by atoms with Gasteiger partial charge in [-0.25, -0.2) is 8.42 Å². The van der Waals surface area contributed by atoms with Crippen molar-refractivity contribution in [3.8, 4) is 0 Å². The van der Waals surface area contributed by atoms with E-state index in [9.17, 15) is 13.5 Å².